The summed E-state index contributed by atoms with van der Waals surface area (Å²) in [5, 5.41) is 2.90. The Balaban J connectivity index is 2.84. The Kier molecular flexibility index (Phi) is 8.17. The molecule has 1 amide bonds. The van der Waals surface area contributed by atoms with Gasteiger partial charge >= 0.3 is 6.18 Å². The van der Waals surface area contributed by atoms with Gasteiger partial charge < -0.3 is 9.74 Å². The van der Waals surface area contributed by atoms with E-state index in [1.54, 1.807) is 6.07 Å². The molecule has 0 aliphatic rings. The SMILES string of the molecule is C[SiH](C)OC(c1cc(CCNC(=O)CC(F)(F)F)ccc1Cl)C(C)(C)C. The molecule has 0 aromatic heterocycles. The van der Waals surface area contributed by atoms with E-state index in [-0.39, 0.29) is 18.1 Å². The second-order valence-corrected chi connectivity index (χ2v) is 10.5. The van der Waals surface area contributed by atoms with Crippen LogP contribution in [0.2, 0.25) is 18.1 Å². The van der Waals surface area contributed by atoms with Crippen LogP contribution in [-0.4, -0.2) is 27.7 Å². The van der Waals surface area contributed by atoms with Gasteiger partial charge in [0.05, 0.1) is 6.10 Å². The smallest absolute Gasteiger partial charge is 0.397 e. The number of alkyl halides is 3. The molecule has 1 unspecified atom stereocenters. The van der Waals surface area contributed by atoms with E-state index >= 15 is 0 Å². The van der Waals surface area contributed by atoms with Crippen molar-refractivity contribution >= 4 is 26.5 Å². The maximum absolute atomic E-state index is 12.2. The van der Waals surface area contributed by atoms with Gasteiger partial charge in [0.2, 0.25) is 5.91 Å². The number of benzene rings is 1. The Morgan fingerprint density at radius 1 is 1.27 bits per heavy atom. The van der Waals surface area contributed by atoms with E-state index in [1.165, 1.54) is 0 Å². The molecular weight excluding hydrogens is 383 g/mol. The van der Waals surface area contributed by atoms with Crippen molar-refractivity contribution in [2.75, 3.05) is 6.54 Å². The molecule has 0 aliphatic carbocycles. The molecule has 26 heavy (non-hydrogen) atoms. The highest BCUT2D eigenvalue weighted by Crippen LogP contribution is 2.40. The van der Waals surface area contributed by atoms with E-state index in [1.807, 2.05) is 12.1 Å². The Hall–Kier alpha value is -1.05. The minimum atomic E-state index is -4.49. The number of nitrogens with one attached hydrogen (secondary N) is 1. The number of rotatable bonds is 7. The molecule has 0 heterocycles. The van der Waals surface area contributed by atoms with Crippen LogP contribution in [-0.2, 0) is 15.6 Å². The van der Waals surface area contributed by atoms with Crippen LogP contribution >= 0.6 is 11.6 Å². The van der Waals surface area contributed by atoms with E-state index in [2.05, 4.69) is 39.2 Å². The Morgan fingerprint density at radius 2 is 1.88 bits per heavy atom. The number of amides is 1. The Morgan fingerprint density at radius 3 is 2.38 bits per heavy atom. The van der Waals surface area contributed by atoms with Gasteiger partial charge in [0.25, 0.3) is 0 Å². The van der Waals surface area contributed by atoms with Crippen LogP contribution in [0.25, 0.3) is 0 Å². The van der Waals surface area contributed by atoms with E-state index < -0.39 is 27.5 Å². The first-order valence-electron chi connectivity index (χ1n) is 8.57. The van der Waals surface area contributed by atoms with Crippen molar-refractivity contribution in [2.24, 2.45) is 5.41 Å². The summed E-state index contributed by atoms with van der Waals surface area (Å²) < 4.78 is 42.7. The van der Waals surface area contributed by atoms with Gasteiger partial charge in [-0.2, -0.15) is 13.2 Å². The van der Waals surface area contributed by atoms with Crippen molar-refractivity contribution in [3.8, 4) is 0 Å². The lowest BCUT2D eigenvalue weighted by Gasteiger charge is -2.34. The van der Waals surface area contributed by atoms with Gasteiger partial charge in [0.15, 0.2) is 9.04 Å². The van der Waals surface area contributed by atoms with Gasteiger partial charge in [-0.25, -0.2) is 0 Å². The lowest BCUT2D eigenvalue weighted by atomic mass is 9.84. The minimum Gasteiger partial charge on any atom is -0.413 e. The second-order valence-electron chi connectivity index (χ2n) is 7.68. The molecule has 3 nitrogen and oxygen atoms in total. The van der Waals surface area contributed by atoms with Crippen molar-refractivity contribution in [1.29, 1.82) is 0 Å². The summed E-state index contributed by atoms with van der Waals surface area (Å²) in [5.41, 5.74) is 1.61. The van der Waals surface area contributed by atoms with E-state index in [0.717, 1.165) is 11.1 Å². The average Bonchev–Trinajstić information content (AvgIpc) is 2.43. The average molecular weight is 410 g/mol. The molecule has 0 fully saturated rings. The van der Waals surface area contributed by atoms with Crippen LogP contribution in [0.15, 0.2) is 18.2 Å². The molecule has 0 bridgehead atoms. The van der Waals surface area contributed by atoms with Crippen LogP contribution in [0.4, 0.5) is 13.2 Å². The molecule has 0 saturated carbocycles. The van der Waals surface area contributed by atoms with Crippen LogP contribution in [0, 0.1) is 5.41 Å². The zero-order chi connectivity index (χ0) is 20.1. The standard InChI is InChI=1S/C18H27ClF3NO2Si/c1-17(2,3)16(25-26(4)5)13-10-12(6-7-14(13)19)8-9-23-15(24)11-18(20,21)22/h6-7,10,16,26H,8-9,11H2,1-5H3,(H,23,24). The molecule has 0 saturated heterocycles. The third-order valence-corrected chi connectivity index (χ3v) is 4.80. The summed E-state index contributed by atoms with van der Waals surface area (Å²) in [6.07, 6.45) is -5.70. The van der Waals surface area contributed by atoms with E-state index in [9.17, 15) is 18.0 Å². The van der Waals surface area contributed by atoms with Crippen LogP contribution in [0.5, 0.6) is 0 Å². The van der Waals surface area contributed by atoms with Crippen LogP contribution in [0.1, 0.15) is 44.4 Å². The molecule has 1 aromatic rings. The summed E-state index contributed by atoms with van der Waals surface area (Å²) in [6.45, 7) is 10.5. The molecular formula is C18H27ClF3NO2Si. The largest absolute Gasteiger partial charge is 0.413 e. The zero-order valence-electron chi connectivity index (χ0n) is 15.8. The number of carbonyl (C=O) groups excluding carboxylic acids is 1. The topological polar surface area (TPSA) is 38.3 Å². The first kappa shape index (κ1) is 23.0. The van der Waals surface area contributed by atoms with E-state index in [0.29, 0.717) is 11.4 Å². The third-order valence-electron chi connectivity index (χ3n) is 3.63. The van der Waals surface area contributed by atoms with Crippen molar-refractivity contribution < 1.29 is 22.4 Å². The molecule has 1 aromatic carbocycles. The summed E-state index contributed by atoms with van der Waals surface area (Å²) in [4.78, 5) is 11.3. The van der Waals surface area contributed by atoms with Gasteiger partial charge in [0.1, 0.15) is 6.42 Å². The van der Waals surface area contributed by atoms with Crippen molar-refractivity contribution in [3.05, 3.63) is 34.3 Å². The summed E-state index contributed by atoms with van der Waals surface area (Å²) in [5.74, 6) is -1.02. The fraction of sp³-hybridized carbons (Fsp3) is 0.611. The number of carbonyl (C=O) groups is 1. The predicted octanol–water partition coefficient (Wildman–Crippen LogP) is 5.04. The molecule has 1 N–H and O–H groups in total. The molecule has 0 radical (unpaired) electrons. The number of hydrogen-bond acceptors (Lipinski definition) is 2. The fourth-order valence-electron chi connectivity index (χ4n) is 2.56. The van der Waals surface area contributed by atoms with Crippen LogP contribution in [0.3, 0.4) is 0 Å². The number of halogens is 4. The van der Waals surface area contributed by atoms with Crippen molar-refractivity contribution in [3.63, 3.8) is 0 Å². The Bertz CT molecular complexity index is 615. The van der Waals surface area contributed by atoms with Gasteiger partial charge in [0, 0.05) is 11.6 Å². The lowest BCUT2D eigenvalue weighted by molar-refractivity contribution is -0.153. The lowest BCUT2D eigenvalue weighted by Crippen LogP contribution is -2.30. The van der Waals surface area contributed by atoms with Gasteiger partial charge in [-0.1, -0.05) is 44.5 Å². The van der Waals surface area contributed by atoms with Crippen molar-refractivity contribution in [1.82, 2.24) is 5.32 Å². The monoisotopic (exact) mass is 409 g/mol. The highest BCUT2D eigenvalue weighted by Gasteiger charge is 2.31. The van der Waals surface area contributed by atoms with Gasteiger partial charge in [-0.05, 0) is 42.1 Å². The number of hydrogen-bond donors (Lipinski definition) is 1. The molecule has 1 rings (SSSR count). The first-order chi connectivity index (χ1) is 11.8. The highest BCUT2D eigenvalue weighted by atomic mass is 35.5. The Labute approximate surface area is 160 Å². The third kappa shape index (κ3) is 8.10. The normalized spacial score (nSPS) is 13.8. The second kappa shape index (κ2) is 9.24. The minimum absolute atomic E-state index is 0.135. The summed E-state index contributed by atoms with van der Waals surface area (Å²) in [6, 6.07) is 5.51. The predicted molar refractivity (Wildman–Crippen MR) is 101 cm³/mol. The zero-order valence-corrected chi connectivity index (χ0v) is 17.7. The van der Waals surface area contributed by atoms with Crippen LogP contribution < -0.4 is 5.32 Å². The van der Waals surface area contributed by atoms with Crippen molar-refractivity contribution in [2.45, 2.75) is 59.0 Å². The van der Waals surface area contributed by atoms with E-state index in [4.69, 9.17) is 16.0 Å². The first-order valence-corrected chi connectivity index (χ1v) is 11.7. The molecule has 1 atom stereocenters. The highest BCUT2D eigenvalue weighted by molar-refractivity contribution is 6.48. The van der Waals surface area contributed by atoms with Gasteiger partial charge in [-0.15, -0.1) is 0 Å². The molecule has 148 valence electrons. The quantitative estimate of drug-likeness (QED) is 0.641. The summed E-state index contributed by atoms with van der Waals surface area (Å²) >= 11 is 6.38. The molecule has 0 aliphatic heterocycles. The maximum atomic E-state index is 12.2. The maximum Gasteiger partial charge on any atom is 0.397 e. The molecule has 8 heteroatoms. The molecule has 0 spiro atoms. The summed E-state index contributed by atoms with van der Waals surface area (Å²) in [7, 11) is -1.31. The fourth-order valence-corrected chi connectivity index (χ4v) is 3.87. The van der Waals surface area contributed by atoms with Gasteiger partial charge in [-0.3, -0.25) is 4.79 Å².